The summed E-state index contributed by atoms with van der Waals surface area (Å²) in [4.78, 5) is 0. The molecule has 0 aromatic heterocycles. The largest absolute Gasteiger partial charge is 0.0654 e. The Bertz CT molecular complexity index is 196. The molecule has 0 aliphatic rings. The first kappa shape index (κ1) is 22.4. The van der Waals surface area contributed by atoms with Crippen molar-refractivity contribution in [2.45, 2.75) is 111 Å². The zero-order chi connectivity index (χ0) is 16.5. The van der Waals surface area contributed by atoms with Crippen LogP contribution in [0.3, 0.4) is 0 Å². The Kier molecular flexibility index (Phi) is 16.6. The van der Waals surface area contributed by atoms with Crippen molar-refractivity contribution in [3.05, 3.63) is 0 Å². The summed E-state index contributed by atoms with van der Waals surface area (Å²) in [5.74, 6) is 0. The first-order valence-electron chi connectivity index (χ1n) is 10.6. The van der Waals surface area contributed by atoms with E-state index in [1.807, 2.05) is 0 Å². The van der Waals surface area contributed by atoms with Crippen LogP contribution in [0.25, 0.3) is 0 Å². The fourth-order valence-electron chi connectivity index (χ4n) is 3.74. The molecule has 134 valence electrons. The quantitative estimate of drug-likeness (QED) is 0.186. The van der Waals surface area contributed by atoms with Crippen molar-refractivity contribution in [1.82, 2.24) is 0 Å². The summed E-state index contributed by atoms with van der Waals surface area (Å²) in [6.07, 6.45) is 25.4. The van der Waals surface area contributed by atoms with E-state index in [9.17, 15) is 0 Å². The highest BCUT2D eigenvalue weighted by atomic mass is 31.2. The molecule has 0 spiro atoms. The van der Waals surface area contributed by atoms with E-state index in [1.165, 1.54) is 89.6 Å². The Morgan fingerprint density at radius 3 is 1.18 bits per heavy atom. The van der Waals surface area contributed by atoms with Crippen molar-refractivity contribution in [3.63, 3.8) is 0 Å². The van der Waals surface area contributed by atoms with Crippen molar-refractivity contribution >= 4 is 7.26 Å². The molecule has 0 aromatic rings. The van der Waals surface area contributed by atoms with Crippen LogP contribution in [0.4, 0.5) is 0 Å². The summed E-state index contributed by atoms with van der Waals surface area (Å²) >= 11 is 0. The molecule has 0 bridgehead atoms. The van der Waals surface area contributed by atoms with Crippen LogP contribution in [0, 0.1) is 0 Å². The van der Waals surface area contributed by atoms with Crippen molar-refractivity contribution < 1.29 is 0 Å². The fraction of sp³-hybridized carbons (Fsp3) is 1.00. The minimum atomic E-state index is -0.588. The maximum absolute atomic E-state index is 2.50. The fourth-order valence-corrected chi connectivity index (χ4v) is 8.10. The van der Waals surface area contributed by atoms with Gasteiger partial charge in [-0.15, -0.1) is 0 Å². The molecule has 0 saturated carbocycles. The number of hydrogen-bond acceptors (Lipinski definition) is 0. The summed E-state index contributed by atoms with van der Waals surface area (Å²) in [5, 5.41) is 0. The van der Waals surface area contributed by atoms with Crippen molar-refractivity contribution in [1.29, 1.82) is 0 Å². The van der Waals surface area contributed by atoms with Gasteiger partial charge in [-0.3, -0.25) is 0 Å². The molecular formula is C21H46P+. The van der Waals surface area contributed by atoms with E-state index >= 15 is 0 Å². The molecule has 0 rings (SSSR count). The van der Waals surface area contributed by atoms with Crippen LogP contribution in [0.2, 0.25) is 0 Å². The second-order valence-electron chi connectivity index (χ2n) is 7.36. The van der Waals surface area contributed by atoms with Crippen LogP contribution in [0.1, 0.15) is 111 Å². The minimum absolute atomic E-state index is 0.588. The summed E-state index contributed by atoms with van der Waals surface area (Å²) in [6.45, 7) is 9.54. The Morgan fingerprint density at radius 2 is 0.818 bits per heavy atom. The topological polar surface area (TPSA) is 0 Å². The first-order chi connectivity index (χ1) is 10.7. The Morgan fingerprint density at radius 1 is 0.409 bits per heavy atom. The molecule has 0 fully saturated rings. The van der Waals surface area contributed by atoms with Crippen LogP contribution in [-0.4, -0.2) is 24.6 Å². The highest BCUT2D eigenvalue weighted by molar-refractivity contribution is 7.75. The normalized spacial score (nSPS) is 12.0. The highest BCUT2D eigenvalue weighted by Gasteiger charge is 2.32. The zero-order valence-corrected chi connectivity index (χ0v) is 17.4. The van der Waals surface area contributed by atoms with Gasteiger partial charge in [0.05, 0.1) is 24.6 Å². The molecule has 0 radical (unpaired) electrons. The Balaban J connectivity index is 3.95. The second-order valence-corrected chi connectivity index (χ2v) is 12.0. The van der Waals surface area contributed by atoms with Gasteiger partial charge in [-0.1, -0.05) is 72.1 Å². The van der Waals surface area contributed by atoms with Gasteiger partial charge in [0.25, 0.3) is 0 Å². The van der Waals surface area contributed by atoms with E-state index in [0.717, 1.165) is 0 Å². The van der Waals surface area contributed by atoms with Gasteiger partial charge < -0.3 is 0 Å². The maximum atomic E-state index is 2.50. The lowest BCUT2D eigenvalue weighted by atomic mass is 10.1. The van der Waals surface area contributed by atoms with E-state index < -0.39 is 7.26 Å². The standard InChI is InChI=1S/C21H46P/c1-5-9-11-13-15-17-20-22(8-4,19-7-3)21-18-16-14-12-10-6-2/h5-21H2,1-4H3/q+1. The lowest BCUT2D eigenvalue weighted by molar-refractivity contribution is 0.620. The van der Waals surface area contributed by atoms with E-state index in [2.05, 4.69) is 27.7 Å². The molecule has 0 aliphatic carbocycles. The van der Waals surface area contributed by atoms with E-state index in [4.69, 9.17) is 0 Å². The summed E-state index contributed by atoms with van der Waals surface area (Å²) in [5.41, 5.74) is 0. The average Bonchev–Trinajstić information content (AvgIpc) is 2.54. The molecule has 0 unspecified atom stereocenters. The molecule has 0 saturated heterocycles. The monoisotopic (exact) mass is 329 g/mol. The number of hydrogen-bond donors (Lipinski definition) is 0. The number of unbranched alkanes of at least 4 members (excludes halogenated alkanes) is 10. The molecule has 0 nitrogen and oxygen atoms in total. The SMILES string of the molecule is CCCCCCCC[P+](CC)(CCC)CCCCCCCC. The predicted molar refractivity (Wildman–Crippen MR) is 109 cm³/mol. The third kappa shape index (κ3) is 11.9. The van der Waals surface area contributed by atoms with E-state index in [1.54, 1.807) is 18.5 Å². The minimum Gasteiger partial charge on any atom is -0.0654 e. The van der Waals surface area contributed by atoms with Gasteiger partial charge in [0.15, 0.2) is 0 Å². The van der Waals surface area contributed by atoms with Crippen molar-refractivity contribution in [3.8, 4) is 0 Å². The summed E-state index contributed by atoms with van der Waals surface area (Å²) in [6, 6.07) is 0. The maximum Gasteiger partial charge on any atom is 0.0594 e. The van der Waals surface area contributed by atoms with Crippen molar-refractivity contribution in [2.75, 3.05) is 24.6 Å². The van der Waals surface area contributed by atoms with Gasteiger partial charge in [-0.25, -0.2) is 0 Å². The predicted octanol–water partition coefficient (Wildman–Crippen LogP) is 8.15. The smallest absolute Gasteiger partial charge is 0.0594 e. The van der Waals surface area contributed by atoms with Gasteiger partial charge in [0.1, 0.15) is 0 Å². The van der Waals surface area contributed by atoms with Gasteiger partial charge in [0, 0.05) is 7.26 Å². The van der Waals surface area contributed by atoms with Gasteiger partial charge in [-0.2, -0.15) is 0 Å². The molecule has 0 atom stereocenters. The highest BCUT2D eigenvalue weighted by Crippen LogP contribution is 2.60. The summed E-state index contributed by atoms with van der Waals surface area (Å²) in [7, 11) is -0.588. The lowest BCUT2D eigenvalue weighted by Gasteiger charge is -2.26. The molecular weight excluding hydrogens is 283 g/mol. The van der Waals surface area contributed by atoms with Crippen molar-refractivity contribution in [2.24, 2.45) is 0 Å². The molecule has 0 N–H and O–H groups in total. The third-order valence-corrected chi connectivity index (χ3v) is 10.6. The number of rotatable bonds is 17. The van der Waals surface area contributed by atoms with Crippen LogP contribution < -0.4 is 0 Å². The van der Waals surface area contributed by atoms with Crippen LogP contribution in [-0.2, 0) is 0 Å². The molecule has 1 heteroatoms. The Labute approximate surface area is 143 Å². The summed E-state index contributed by atoms with van der Waals surface area (Å²) < 4.78 is 0. The molecule has 0 aromatic carbocycles. The molecule has 0 aliphatic heterocycles. The third-order valence-electron chi connectivity index (χ3n) is 5.34. The van der Waals surface area contributed by atoms with Crippen LogP contribution in [0.5, 0.6) is 0 Å². The molecule has 22 heavy (non-hydrogen) atoms. The van der Waals surface area contributed by atoms with Gasteiger partial charge >= 0.3 is 0 Å². The molecule has 0 amide bonds. The molecule has 0 heterocycles. The second kappa shape index (κ2) is 16.3. The van der Waals surface area contributed by atoms with Gasteiger partial charge in [-0.05, 0) is 39.0 Å². The van der Waals surface area contributed by atoms with E-state index in [0.29, 0.717) is 0 Å². The van der Waals surface area contributed by atoms with Crippen LogP contribution >= 0.6 is 7.26 Å². The van der Waals surface area contributed by atoms with Gasteiger partial charge in [0.2, 0.25) is 0 Å². The van der Waals surface area contributed by atoms with E-state index in [-0.39, 0.29) is 0 Å². The Hall–Kier alpha value is 0.430. The lowest BCUT2D eigenvalue weighted by Crippen LogP contribution is -2.11. The zero-order valence-electron chi connectivity index (χ0n) is 16.5. The average molecular weight is 330 g/mol. The van der Waals surface area contributed by atoms with Crippen LogP contribution in [0.15, 0.2) is 0 Å². The first-order valence-corrected chi connectivity index (χ1v) is 13.1.